The van der Waals surface area contributed by atoms with Crippen LogP contribution in [-0.2, 0) is 6.54 Å². The van der Waals surface area contributed by atoms with Gasteiger partial charge in [0.15, 0.2) is 11.6 Å². The van der Waals surface area contributed by atoms with Crippen LogP contribution in [0.2, 0.25) is 0 Å². The molecule has 1 fully saturated rings. The lowest BCUT2D eigenvalue weighted by molar-refractivity contribution is 0.254. The van der Waals surface area contributed by atoms with Gasteiger partial charge in [-0.05, 0) is 80.9 Å². The fourth-order valence-corrected chi connectivity index (χ4v) is 4.36. The highest BCUT2D eigenvalue weighted by atomic mass is 19.1. The Morgan fingerprint density at radius 2 is 2.09 bits per heavy atom. The molecule has 0 aliphatic carbocycles. The van der Waals surface area contributed by atoms with Crippen molar-refractivity contribution in [1.82, 2.24) is 14.9 Å². The molecule has 0 radical (unpaired) electrons. The van der Waals surface area contributed by atoms with Crippen LogP contribution in [-0.4, -0.2) is 22.6 Å². The number of benzene rings is 2. The van der Waals surface area contributed by atoms with Crippen molar-refractivity contribution in [3.05, 3.63) is 64.0 Å². The molecule has 0 saturated carbocycles. The third-order valence-corrected chi connectivity index (χ3v) is 6.46. The molecule has 1 aromatic heterocycles. The summed E-state index contributed by atoms with van der Waals surface area (Å²) in [6, 6.07) is 9.66. The fraction of sp³-hybridized carbons (Fsp3) is 0.400. The number of hydrogen-bond acceptors (Lipinski definition) is 5. The number of nitrogens with zero attached hydrogens (tertiary/aromatic N) is 3. The highest BCUT2D eigenvalue weighted by Gasteiger charge is 2.20. The molecule has 1 unspecified atom stereocenters. The van der Waals surface area contributed by atoms with Gasteiger partial charge in [-0.1, -0.05) is 13.0 Å². The molecule has 1 N–H and O–H groups in total. The largest absolute Gasteiger partial charge is 0.453 e. The second kappa shape index (κ2) is 9.49. The van der Waals surface area contributed by atoms with Crippen molar-refractivity contribution in [3.63, 3.8) is 0 Å². The minimum absolute atomic E-state index is 0.133. The summed E-state index contributed by atoms with van der Waals surface area (Å²) >= 11 is 0. The highest BCUT2D eigenvalue weighted by Crippen LogP contribution is 2.31. The van der Waals surface area contributed by atoms with Crippen LogP contribution in [0.5, 0.6) is 11.5 Å². The molecule has 2 aromatic carbocycles. The number of aryl methyl sites for hydroxylation is 2. The molecule has 2 heterocycles. The van der Waals surface area contributed by atoms with Crippen LogP contribution in [0.1, 0.15) is 37.3 Å². The van der Waals surface area contributed by atoms with Gasteiger partial charge in [0, 0.05) is 6.54 Å². The molecule has 32 heavy (non-hydrogen) atoms. The Balaban J connectivity index is 1.58. The summed E-state index contributed by atoms with van der Waals surface area (Å²) in [4.78, 5) is 17.5. The summed E-state index contributed by atoms with van der Waals surface area (Å²) in [5.41, 5.74) is 1.16. The van der Waals surface area contributed by atoms with Crippen molar-refractivity contribution in [2.75, 3.05) is 13.1 Å². The first-order chi connectivity index (χ1) is 15.5. The van der Waals surface area contributed by atoms with Crippen LogP contribution in [0.4, 0.5) is 4.39 Å². The third kappa shape index (κ3) is 4.51. The van der Waals surface area contributed by atoms with Gasteiger partial charge in [-0.2, -0.15) is 5.26 Å². The number of nitrogens with one attached hydrogen (secondary N) is 1. The Hall–Kier alpha value is -3.24. The van der Waals surface area contributed by atoms with E-state index in [0.29, 0.717) is 40.6 Å². The van der Waals surface area contributed by atoms with Crippen LogP contribution in [0.15, 0.2) is 41.5 Å². The lowest BCUT2D eigenvalue weighted by Gasteiger charge is -2.28. The molecule has 1 aliphatic heterocycles. The molecule has 6 nitrogen and oxygen atoms in total. The van der Waals surface area contributed by atoms with E-state index in [2.05, 4.69) is 17.2 Å². The van der Waals surface area contributed by atoms with Gasteiger partial charge in [0.25, 0.3) is 5.56 Å². The zero-order valence-electron chi connectivity index (χ0n) is 18.4. The normalized spacial score (nSPS) is 15.4. The summed E-state index contributed by atoms with van der Waals surface area (Å²) in [5, 5.41) is 13.2. The molecular weight excluding hydrogens is 407 g/mol. The van der Waals surface area contributed by atoms with Gasteiger partial charge in [0.05, 0.1) is 17.2 Å². The van der Waals surface area contributed by atoms with Gasteiger partial charge in [-0.25, -0.2) is 9.37 Å². The van der Waals surface area contributed by atoms with E-state index in [-0.39, 0.29) is 16.9 Å². The summed E-state index contributed by atoms with van der Waals surface area (Å²) in [7, 11) is 0. The average molecular weight is 435 g/mol. The predicted octanol–water partition coefficient (Wildman–Crippen LogP) is 4.53. The molecule has 4 rings (SSSR count). The SMILES string of the molecule is Cc1ccc(F)c(Oc2ccc3ncn(CCC(C)C4CCNCC4)c(=O)c3c2)c1C#N. The predicted molar refractivity (Wildman–Crippen MR) is 121 cm³/mol. The maximum Gasteiger partial charge on any atom is 0.261 e. The fourth-order valence-electron chi connectivity index (χ4n) is 4.36. The van der Waals surface area contributed by atoms with E-state index in [1.807, 2.05) is 6.07 Å². The van der Waals surface area contributed by atoms with E-state index in [9.17, 15) is 14.4 Å². The van der Waals surface area contributed by atoms with Crippen molar-refractivity contribution in [1.29, 1.82) is 5.26 Å². The summed E-state index contributed by atoms with van der Waals surface area (Å²) in [6.45, 7) is 6.70. The number of hydrogen-bond donors (Lipinski definition) is 1. The molecule has 1 aliphatic rings. The van der Waals surface area contributed by atoms with Crippen molar-refractivity contribution in [2.45, 2.75) is 39.7 Å². The lowest BCUT2D eigenvalue weighted by Crippen LogP contribution is -2.31. The first-order valence-corrected chi connectivity index (χ1v) is 11.0. The minimum Gasteiger partial charge on any atom is -0.453 e. The third-order valence-electron chi connectivity index (χ3n) is 6.46. The number of nitriles is 1. The summed E-state index contributed by atoms with van der Waals surface area (Å²) < 4.78 is 21.7. The Labute approximate surface area is 186 Å². The molecule has 3 aromatic rings. The van der Waals surface area contributed by atoms with E-state index in [1.54, 1.807) is 36.0 Å². The second-order valence-corrected chi connectivity index (χ2v) is 8.56. The van der Waals surface area contributed by atoms with Gasteiger partial charge in [0.2, 0.25) is 0 Å². The minimum atomic E-state index is -0.622. The van der Waals surface area contributed by atoms with Gasteiger partial charge in [0.1, 0.15) is 17.4 Å². The lowest BCUT2D eigenvalue weighted by atomic mass is 9.84. The molecule has 166 valence electrons. The van der Waals surface area contributed by atoms with Crippen LogP contribution >= 0.6 is 0 Å². The first kappa shape index (κ1) is 22.0. The second-order valence-electron chi connectivity index (χ2n) is 8.56. The number of piperidine rings is 1. The molecule has 7 heteroatoms. The number of ether oxygens (including phenoxy) is 1. The highest BCUT2D eigenvalue weighted by molar-refractivity contribution is 5.79. The number of aromatic nitrogens is 2. The van der Waals surface area contributed by atoms with E-state index in [4.69, 9.17) is 4.74 Å². The maximum absolute atomic E-state index is 14.3. The van der Waals surface area contributed by atoms with E-state index >= 15 is 0 Å². The van der Waals surface area contributed by atoms with Crippen LogP contribution < -0.4 is 15.6 Å². The molecule has 1 atom stereocenters. The Morgan fingerprint density at radius 3 is 2.84 bits per heavy atom. The van der Waals surface area contributed by atoms with Crippen molar-refractivity contribution in [3.8, 4) is 17.6 Å². The van der Waals surface area contributed by atoms with E-state index < -0.39 is 5.82 Å². The quantitative estimate of drug-likeness (QED) is 0.616. The topological polar surface area (TPSA) is 79.9 Å². The zero-order chi connectivity index (χ0) is 22.7. The summed E-state index contributed by atoms with van der Waals surface area (Å²) in [5.74, 6) is 0.745. The smallest absolute Gasteiger partial charge is 0.261 e. The first-order valence-electron chi connectivity index (χ1n) is 11.0. The molecule has 0 bridgehead atoms. The van der Waals surface area contributed by atoms with Crippen molar-refractivity contribution in [2.24, 2.45) is 11.8 Å². The Bertz CT molecular complexity index is 1230. The van der Waals surface area contributed by atoms with Crippen LogP contribution in [0, 0.1) is 35.9 Å². The van der Waals surface area contributed by atoms with Crippen molar-refractivity contribution >= 4 is 10.9 Å². The standard InChI is InChI=1S/C25H27FN4O2/c1-16(18-7-10-28-11-8-18)9-12-30-15-29-23-6-4-19(13-20(23)25(30)31)32-24-21(14-27)17(2)3-5-22(24)26/h3-6,13,15-16,18,28H,7-12H2,1-2H3. The molecule has 1 saturated heterocycles. The van der Waals surface area contributed by atoms with Crippen LogP contribution in [0.25, 0.3) is 10.9 Å². The molecule has 0 amide bonds. The molecule has 0 spiro atoms. The zero-order valence-corrected chi connectivity index (χ0v) is 18.4. The number of halogens is 1. The van der Waals surface area contributed by atoms with Gasteiger partial charge < -0.3 is 10.1 Å². The van der Waals surface area contributed by atoms with E-state index in [1.165, 1.54) is 25.0 Å². The number of fused-ring (bicyclic) bond motifs is 1. The van der Waals surface area contributed by atoms with Gasteiger partial charge in [-0.3, -0.25) is 9.36 Å². The Kier molecular flexibility index (Phi) is 6.52. The van der Waals surface area contributed by atoms with Gasteiger partial charge >= 0.3 is 0 Å². The maximum atomic E-state index is 14.3. The average Bonchev–Trinajstić information content (AvgIpc) is 2.82. The van der Waals surface area contributed by atoms with E-state index in [0.717, 1.165) is 19.5 Å². The van der Waals surface area contributed by atoms with Gasteiger partial charge in [-0.15, -0.1) is 0 Å². The monoisotopic (exact) mass is 434 g/mol. The van der Waals surface area contributed by atoms with Crippen LogP contribution in [0.3, 0.4) is 0 Å². The summed E-state index contributed by atoms with van der Waals surface area (Å²) in [6.07, 6.45) is 4.85. The molecular formula is C25H27FN4O2. The van der Waals surface area contributed by atoms with Crippen molar-refractivity contribution < 1.29 is 9.13 Å². The number of rotatable bonds is 6. The Morgan fingerprint density at radius 1 is 1.31 bits per heavy atom.